The lowest BCUT2D eigenvalue weighted by Gasteiger charge is -2.32. The molecule has 0 saturated carbocycles. The summed E-state index contributed by atoms with van der Waals surface area (Å²) in [5, 5.41) is 6.88. The van der Waals surface area contributed by atoms with Gasteiger partial charge >= 0.3 is 8.16 Å². The van der Waals surface area contributed by atoms with Crippen molar-refractivity contribution in [1.82, 2.24) is 0 Å². The standard InChI is InChI=1S/C37H32NO2P/c1-25-13-7-10-18-31(25)27(3)38(26(2)28-14-5-4-6-15-28)41-39-34-23-21-29-16-8-11-19-32(29)36(34)37-33-20-12-9-17-30(33)22-24-35(37)40-41/h4-24,26-27H,1-3H3/t26-,27-/m0/s1. The van der Waals surface area contributed by atoms with E-state index in [1.54, 1.807) is 0 Å². The van der Waals surface area contributed by atoms with E-state index in [0.717, 1.165) is 32.7 Å². The summed E-state index contributed by atoms with van der Waals surface area (Å²) < 4.78 is 16.5. The van der Waals surface area contributed by atoms with Gasteiger partial charge in [0.05, 0.1) is 0 Å². The van der Waals surface area contributed by atoms with Crippen LogP contribution in [0.1, 0.15) is 42.6 Å². The van der Waals surface area contributed by atoms with E-state index in [0.29, 0.717) is 0 Å². The average molecular weight is 554 g/mol. The van der Waals surface area contributed by atoms with E-state index in [1.807, 2.05) is 0 Å². The fourth-order valence-electron chi connectivity index (χ4n) is 6.15. The lowest BCUT2D eigenvalue weighted by Crippen LogP contribution is -2.27. The zero-order valence-electron chi connectivity index (χ0n) is 23.5. The summed E-state index contributed by atoms with van der Waals surface area (Å²) in [5.74, 6) is 0. The molecule has 3 nitrogen and oxygen atoms in total. The molecule has 0 radical (unpaired) electrons. The van der Waals surface area contributed by atoms with Crippen molar-refractivity contribution >= 4 is 51.6 Å². The van der Waals surface area contributed by atoms with Crippen LogP contribution in [0.3, 0.4) is 0 Å². The summed E-state index contributed by atoms with van der Waals surface area (Å²) in [6.45, 7) is 6.71. The normalized spacial score (nSPS) is 13.3. The number of aryl methyl sites for hydroxylation is 1. The van der Waals surface area contributed by atoms with Crippen LogP contribution in [0.2, 0.25) is 0 Å². The van der Waals surface area contributed by atoms with Crippen LogP contribution in [0.4, 0.5) is 0 Å². The molecule has 0 aliphatic rings. The molecular weight excluding hydrogens is 521 g/mol. The van der Waals surface area contributed by atoms with Gasteiger partial charge in [-0.3, -0.25) is 0 Å². The Morgan fingerprint density at radius 2 is 1.05 bits per heavy atom. The van der Waals surface area contributed by atoms with E-state index >= 15 is 0 Å². The lowest BCUT2D eigenvalue weighted by molar-refractivity contribution is 0.557. The molecule has 6 aromatic carbocycles. The van der Waals surface area contributed by atoms with Gasteiger partial charge in [-0.1, -0.05) is 115 Å². The summed E-state index contributed by atoms with van der Waals surface area (Å²) in [7, 11) is -1.55. The first-order valence-electron chi connectivity index (χ1n) is 14.2. The van der Waals surface area contributed by atoms with Crippen LogP contribution >= 0.6 is 8.16 Å². The van der Waals surface area contributed by atoms with Crippen molar-refractivity contribution in [2.24, 2.45) is 0 Å². The Balaban J connectivity index is 1.60. The predicted octanol–water partition coefficient (Wildman–Crippen LogP) is 11.4. The molecule has 0 aliphatic carbocycles. The van der Waals surface area contributed by atoms with E-state index in [9.17, 15) is 0 Å². The minimum atomic E-state index is -1.55. The second-order valence-corrected chi connectivity index (χ2v) is 12.0. The van der Waals surface area contributed by atoms with Crippen LogP contribution in [0.15, 0.2) is 136 Å². The number of rotatable bonds is 5. The maximum atomic E-state index is 7.05. The Bertz CT molecular complexity index is 1970. The highest BCUT2D eigenvalue weighted by Crippen LogP contribution is 2.48. The molecule has 202 valence electrons. The van der Waals surface area contributed by atoms with E-state index in [2.05, 4.69) is 153 Å². The van der Waals surface area contributed by atoms with Gasteiger partial charge < -0.3 is 8.39 Å². The molecule has 0 unspecified atom stereocenters. The molecule has 0 bridgehead atoms. The first-order chi connectivity index (χ1) is 20.1. The molecule has 41 heavy (non-hydrogen) atoms. The largest absolute Gasteiger partial charge is 0.408 e. The van der Waals surface area contributed by atoms with Gasteiger partial charge in [0.15, 0.2) is 0 Å². The Morgan fingerprint density at radius 3 is 1.63 bits per heavy atom. The highest BCUT2D eigenvalue weighted by Gasteiger charge is 2.30. The average Bonchev–Trinajstić information content (AvgIpc) is 3.19. The quantitative estimate of drug-likeness (QED) is 0.212. The number of benzene rings is 6. The first kappa shape index (κ1) is 25.7. The van der Waals surface area contributed by atoms with Crippen molar-refractivity contribution in [2.75, 3.05) is 4.67 Å². The molecule has 0 spiro atoms. The van der Waals surface area contributed by atoms with Gasteiger partial charge in [0.25, 0.3) is 0 Å². The summed E-state index contributed by atoms with van der Waals surface area (Å²) in [6.07, 6.45) is 0. The van der Waals surface area contributed by atoms with Gasteiger partial charge in [0, 0.05) is 22.9 Å². The zero-order valence-corrected chi connectivity index (χ0v) is 24.4. The van der Waals surface area contributed by atoms with Crippen molar-refractivity contribution in [1.29, 1.82) is 0 Å². The van der Waals surface area contributed by atoms with Crippen molar-refractivity contribution < 1.29 is 8.39 Å². The first-order valence-corrected chi connectivity index (χ1v) is 15.3. The van der Waals surface area contributed by atoms with E-state index in [1.165, 1.54) is 27.5 Å². The summed E-state index contributed by atoms with van der Waals surface area (Å²) in [5.41, 5.74) is 5.46. The minimum absolute atomic E-state index is 0.0443. The molecule has 0 fully saturated rings. The van der Waals surface area contributed by atoms with Gasteiger partial charge in [0.2, 0.25) is 0 Å². The fourth-order valence-corrected chi connectivity index (χ4v) is 7.84. The monoisotopic (exact) mass is 553 g/mol. The Hall–Kier alpha value is -4.30. The second kappa shape index (κ2) is 10.6. The molecule has 7 rings (SSSR count). The van der Waals surface area contributed by atoms with Crippen molar-refractivity contribution in [2.45, 2.75) is 32.9 Å². The topological polar surface area (TPSA) is 29.5 Å². The zero-order chi connectivity index (χ0) is 27.9. The van der Waals surface area contributed by atoms with Crippen LogP contribution in [-0.4, -0.2) is 0 Å². The summed E-state index contributed by atoms with van der Waals surface area (Å²) >= 11 is 0. The molecular formula is C37H32NO2P. The Kier molecular flexibility index (Phi) is 6.63. The molecule has 0 amide bonds. The predicted molar refractivity (Wildman–Crippen MR) is 174 cm³/mol. The Labute approximate surface area is 241 Å². The van der Waals surface area contributed by atoms with Crippen LogP contribution < -0.4 is 4.67 Å². The number of fused-ring (bicyclic) bond motifs is 7. The SMILES string of the molecule is Cc1ccccc1[C@H](C)N([C@@H](C)c1ccccc1)p1oc2ccc3ccccc3c2c2c(ccc3ccccc32)o1. The molecule has 2 atom stereocenters. The molecule has 0 N–H and O–H groups in total. The third kappa shape index (κ3) is 4.52. The molecule has 4 heteroatoms. The maximum absolute atomic E-state index is 7.05. The second-order valence-electron chi connectivity index (χ2n) is 10.7. The Morgan fingerprint density at radius 1 is 0.537 bits per heavy atom. The van der Waals surface area contributed by atoms with Gasteiger partial charge in [-0.2, -0.15) is 4.67 Å². The third-order valence-corrected chi connectivity index (χ3v) is 10.1. The minimum Gasteiger partial charge on any atom is -0.408 e. The molecule has 1 aromatic heterocycles. The molecule has 0 aliphatic heterocycles. The lowest BCUT2D eigenvalue weighted by atomic mass is 9.99. The van der Waals surface area contributed by atoms with Crippen LogP contribution in [0.5, 0.6) is 0 Å². The molecule has 1 heterocycles. The number of hydrogen-bond donors (Lipinski definition) is 0. The van der Waals surface area contributed by atoms with Crippen LogP contribution in [0.25, 0.3) is 43.5 Å². The smallest absolute Gasteiger partial charge is 0.310 e. The maximum Gasteiger partial charge on any atom is 0.310 e. The van der Waals surface area contributed by atoms with Crippen molar-refractivity contribution in [3.05, 3.63) is 144 Å². The van der Waals surface area contributed by atoms with Crippen molar-refractivity contribution in [3.63, 3.8) is 0 Å². The highest BCUT2D eigenvalue weighted by atomic mass is 31.1. The number of nitrogens with zero attached hydrogens (tertiary/aromatic N) is 1. The van der Waals surface area contributed by atoms with E-state index in [-0.39, 0.29) is 12.1 Å². The van der Waals surface area contributed by atoms with E-state index < -0.39 is 8.16 Å². The molecule has 0 saturated heterocycles. The fraction of sp³-hybridized carbons (Fsp3) is 0.135. The summed E-state index contributed by atoms with van der Waals surface area (Å²) in [6, 6.07) is 45.0. The highest BCUT2D eigenvalue weighted by molar-refractivity contribution is 7.39. The van der Waals surface area contributed by atoms with Gasteiger partial charge in [0.1, 0.15) is 11.2 Å². The van der Waals surface area contributed by atoms with Crippen LogP contribution in [0, 0.1) is 6.92 Å². The van der Waals surface area contributed by atoms with Gasteiger partial charge in [-0.25, -0.2) is 0 Å². The number of hydrogen-bond acceptors (Lipinski definition) is 3. The molecule has 7 aromatic rings. The summed E-state index contributed by atoms with van der Waals surface area (Å²) in [4.78, 5) is 0. The van der Waals surface area contributed by atoms with E-state index in [4.69, 9.17) is 8.39 Å². The van der Waals surface area contributed by atoms with Gasteiger partial charge in [-0.15, -0.1) is 0 Å². The van der Waals surface area contributed by atoms with Crippen molar-refractivity contribution in [3.8, 4) is 0 Å². The van der Waals surface area contributed by atoms with Crippen LogP contribution in [-0.2, 0) is 0 Å². The van der Waals surface area contributed by atoms with Gasteiger partial charge in [-0.05, 0) is 71.1 Å². The third-order valence-electron chi connectivity index (χ3n) is 8.29.